The second-order valence-electron chi connectivity index (χ2n) is 4.35. The monoisotopic (exact) mass is 243 g/mol. The van der Waals surface area contributed by atoms with Gasteiger partial charge >= 0.3 is 5.97 Å². The molecule has 17 heavy (non-hydrogen) atoms. The van der Waals surface area contributed by atoms with Gasteiger partial charge in [0.05, 0.1) is 13.2 Å². The Labute approximate surface area is 99.5 Å². The van der Waals surface area contributed by atoms with Crippen LogP contribution in [-0.2, 0) is 19.1 Å². The molecule has 2 aliphatic heterocycles. The Hall–Kier alpha value is -1.14. The van der Waals surface area contributed by atoms with Crippen molar-refractivity contribution in [1.29, 1.82) is 0 Å². The number of aliphatic carboxylic acids is 1. The average molecular weight is 243 g/mol. The Bertz CT molecular complexity index is 300. The third-order valence-corrected chi connectivity index (χ3v) is 3.27. The van der Waals surface area contributed by atoms with Gasteiger partial charge in [0.2, 0.25) is 5.91 Å². The molecule has 0 saturated carbocycles. The molecule has 0 spiro atoms. The summed E-state index contributed by atoms with van der Waals surface area (Å²) in [6, 6.07) is -0.834. The normalized spacial score (nSPS) is 26.8. The van der Waals surface area contributed by atoms with E-state index in [1.165, 1.54) is 4.90 Å². The molecular weight excluding hydrogens is 226 g/mol. The molecule has 0 aromatic heterocycles. The predicted octanol–water partition coefficient (Wildman–Crippen LogP) is -0.275. The van der Waals surface area contributed by atoms with Crippen molar-refractivity contribution < 1.29 is 24.2 Å². The quantitative estimate of drug-likeness (QED) is 0.722. The Morgan fingerprint density at radius 3 is 2.47 bits per heavy atom. The highest BCUT2D eigenvalue weighted by Crippen LogP contribution is 2.20. The van der Waals surface area contributed by atoms with E-state index in [9.17, 15) is 9.59 Å². The van der Waals surface area contributed by atoms with Crippen LogP contribution >= 0.6 is 0 Å². The molecule has 2 rings (SSSR count). The van der Waals surface area contributed by atoms with Crippen LogP contribution in [0.1, 0.15) is 12.8 Å². The molecule has 1 amide bonds. The van der Waals surface area contributed by atoms with Crippen molar-refractivity contribution in [3.8, 4) is 0 Å². The van der Waals surface area contributed by atoms with E-state index >= 15 is 0 Å². The van der Waals surface area contributed by atoms with Crippen molar-refractivity contribution in [3.63, 3.8) is 0 Å². The molecule has 2 saturated heterocycles. The first-order chi connectivity index (χ1) is 8.20. The summed E-state index contributed by atoms with van der Waals surface area (Å²) in [5.41, 5.74) is 0. The van der Waals surface area contributed by atoms with Gasteiger partial charge in [0.1, 0.15) is 0 Å². The fourth-order valence-corrected chi connectivity index (χ4v) is 2.25. The first-order valence-corrected chi connectivity index (χ1v) is 5.89. The molecule has 0 bridgehead atoms. The number of carboxylic acids is 1. The van der Waals surface area contributed by atoms with Gasteiger partial charge < -0.3 is 19.5 Å². The van der Waals surface area contributed by atoms with Crippen LogP contribution in [0.15, 0.2) is 0 Å². The van der Waals surface area contributed by atoms with E-state index < -0.39 is 12.0 Å². The minimum absolute atomic E-state index is 0.0657. The highest BCUT2D eigenvalue weighted by atomic mass is 16.5. The summed E-state index contributed by atoms with van der Waals surface area (Å²) in [4.78, 5) is 24.7. The van der Waals surface area contributed by atoms with Gasteiger partial charge in [-0.15, -0.1) is 0 Å². The molecule has 6 nitrogen and oxygen atoms in total. The molecule has 2 aliphatic rings. The van der Waals surface area contributed by atoms with E-state index in [0.717, 1.165) is 0 Å². The lowest BCUT2D eigenvalue weighted by molar-refractivity contribution is -0.161. The summed E-state index contributed by atoms with van der Waals surface area (Å²) in [6.45, 7) is 2.03. The zero-order valence-electron chi connectivity index (χ0n) is 9.63. The van der Waals surface area contributed by atoms with Crippen LogP contribution in [0.2, 0.25) is 0 Å². The molecule has 2 heterocycles. The van der Waals surface area contributed by atoms with Gasteiger partial charge in [-0.1, -0.05) is 0 Å². The number of hydrogen-bond donors (Lipinski definition) is 1. The number of carboxylic acid groups (broad SMARTS) is 1. The molecule has 1 unspecified atom stereocenters. The predicted molar refractivity (Wildman–Crippen MR) is 57.5 cm³/mol. The Balaban J connectivity index is 2.02. The number of morpholine rings is 1. The number of hydrogen-bond acceptors (Lipinski definition) is 4. The second-order valence-corrected chi connectivity index (χ2v) is 4.35. The number of carbonyl (C=O) groups excluding carboxylic acids is 1. The van der Waals surface area contributed by atoms with Crippen molar-refractivity contribution in [2.24, 2.45) is 5.92 Å². The molecule has 1 atom stereocenters. The number of ether oxygens (including phenoxy) is 2. The van der Waals surface area contributed by atoms with Gasteiger partial charge in [-0.3, -0.25) is 4.79 Å². The van der Waals surface area contributed by atoms with Gasteiger partial charge in [-0.2, -0.15) is 0 Å². The fraction of sp³-hybridized carbons (Fsp3) is 0.818. The summed E-state index contributed by atoms with van der Waals surface area (Å²) >= 11 is 0. The van der Waals surface area contributed by atoms with Gasteiger partial charge in [0, 0.05) is 25.7 Å². The maximum atomic E-state index is 12.2. The molecule has 1 N–H and O–H groups in total. The van der Waals surface area contributed by atoms with Crippen LogP contribution in [-0.4, -0.2) is 60.9 Å². The molecule has 0 aromatic rings. The molecule has 6 heteroatoms. The van der Waals surface area contributed by atoms with E-state index in [1.54, 1.807) is 0 Å². The van der Waals surface area contributed by atoms with Crippen molar-refractivity contribution >= 4 is 11.9 Å². The fourth-order valence-electron chi connectivity index (χ4n) is 2.25. The summed E-state index contributed by atoms with van der Waals surface area (Å²) in [6.07, 6.45) is 1.37. The van der Waals surface area contributed by atoms with E-state index in [0.29, 0.717) is 39.2 Å². The Morgan fingerprint density at radius 2 is 1.82 bits per heavy atom. The Morgan fingerprint density at radius 1 is 1.12 bits per heavy atom. The average Bonchev–Trinajstić information content (AvgIpc) is 2.39. The smallest absolute Gasteiger partial charge is 0.328 e. The van der Waals surface area contributed by atoms with Crippen LogP contribution in [0, 0.1) is 5.92 Å². The van der Waals surface area contributed by atoms with Crippen LogP contribution in [0.3, 0.4) is 0 Å². The van der Waals surface area contributed by atoms with Crippen LogP contribution < -0.4 is 0 Å². The SMILES string of the molecule is O=C(O)C1COCCN1C(=O)C1CCOCC1. The van der Waals surface area contributed by atoms with Gasteiger partial charge in [0.25, 0.3) is 0 Å². The van der Waals surface area contributed by atoms with E-state index in [4.69, 9.17) is 14.6 Å². The largest absolute Gasteiger partial charge is 0.480 e. The maximum absolute atomic E-state index is 12.2. The summed E-state index contributed by atoms with van der Waals surface area (Å²) in [7, 11) is 0. The lowest BCUT2D eigenvalue weighted by Crippen LogP contribution is -2.54. The third-order valence-electron chi connectivity index (χ3n) is 3.27. The lowest BCUT2D eigenvalue weighted by atomic mass is 9.97. The molecule has 0 aromatic carbocycles. The minimum atomic E-state index is -0.995. The van der Waals surface area contributed by atoms with Gasteiger partial charge in [-0.25, -0.2) is 4.79 Å². The number of amides is 1. The highest BCUT2D eigenvalue weighted by Gasteiger charge is 2.36. The highest BCUT2D eigenvalue weighted by molar-refractivity contribution is 5.85. The standard InChI is InChI=1S/C11H17NO5/c13-10(8-1-4-16-5-2-8)12-3-6-17-7-9(12)11(14)15/h8-9H,1-7H2,(H,14,15). The topological polar surface area (TPSA) is 76.1 Å². The molecular formula is C11H17NO5. The van der Waals surface area contributed by atoms with Gasteiger partial charge in [0.15, 0.2) is 6.04 Å². The number of rotatable bonds is 2. The zero-order chi connectivity index (χ0) is 12.3. The minimum Gasteiger partial charge on any atom is -0.480 e. The first-order valence-electron chi connectivity index (χ1n) is 5.89. The maximum Gasteiger partial charge on any atom is 0.328 e. The number of carbonyl (C=O) groups is 2. The second kappa shape index (κ2) is 5.46. The molecule has 0 aliphatic carbocycles. The molecule has 2 fully saturated rings. The van der Waals surface area contributed by atoms with Crippen LogP contribution in [0.25, 0.3) is 0 Å². The summed E-state index contributed by atoms with van der Waals surface area (Å²) in [5.74, 6) is -1.15. The van der Waals surface area contributed by atoms with E-state index in [2.05, 4.69) is 0 Å². The van der Waals surface area contributed by atoms with Crippen molar-refractivity contribution in [2.45, 2.75) is 18.9 Å². The van der Waals surface area contributed by atoms with E-state index in [1.807, 2.05) is 0 Å². The summed E-state index contributed by atoms with van der Waals surface area (Å²) in [5, 5.41) is 9.06. The lowest BCUT2D eigenvalue weighted by Gasteiger charge is -2.36. The first kappa shape index (κ1) is 12.3. The van der Waals surface area contributed by atoms with Crippen molar-refractivity contribution in [2.75, 3.05) is 33.0 Å². The molecule has 96 valence electrons. The third kappa shape index (κ3) is 2.76. The van der Waals surface area contributed by atoms with Crippen molar-refractivity contribution in [3.05, 3.63) is 0 Å². The number of nitrogens with zero attached hydrogens (tertiary/aromatic N) is 1. The molecule has 0 radical (unpaired) electrons. The Kier molecular flexibility index (Phi) is 3.96. The zero-order valence-corrected chi connectivity index (χ0v) is 9.63. The van der Waals surface area contributed by atoms with Crippen LogP contribution in [0.5, 0.6) is 0 Å². The van der Waals surface area contributed by atoms with Crippen LogP contribution in [0.4, 0.5) is 0 Å². The van der Waals surface area contributed by atoms with Gasteiger partial charge in [-0.05, 0) is 12.8 Å². The van der Waals surface area contributed by atoms with Crippen molar-refractivity contribution in [1.82, 2.24) is 4.90 Å². The van der Waals surface area contributed by atoms with E-state index in [-0.39, 0.29) is 18.4 Å². The summed E-state index contributed by atoms with van der Waals surface area (Å²) < 4.78 is 10.3.